The number of hydrogen-bond donors (Lipinski definition) is 2. The second kappa shape index (κ2) is 6.38. The number of piperidine rings is 1. The van der Waals surface area contributed by atoms with Crippen molar-refractivity contribution in [2.75, 3.05) is 0 Å². The molecule has 4 atom stereocenters. The molecule has 2 aliphatic heterocycles. The highest BCUT2D eigenvalue weighted by Crippen LogP contribution is 2.48. The van der Waals surface area contributed by atoms with Gasteiger partial charge in [-0.2, -0.15) is 0 Å². The van der Waals surface area contributed by atoms with Crippen molar-refractivity contribution < 1.29 is 4.79 Å². The van der Waals surface area contributed by atoms with Gasteiger partial charge < -0.3 is 10.6 Å². The molecule has 1 aromatic carbocycles. The Labute approximate surface area is 142 Å². The van der Waals surface area contributed by atoms with Gasteiger partial charge in [0.15, 0.2) is 0 Å². The minimum atomic E-state index is 0. The third kappa shape index (κ3) is 3.27. The van der Waals surface area contributed by atoms with Crippen LogP contribution in [0.15, 0.2) is 24.3 Å². The van der Waals surface area contributed by atoms with E-state index in [1.807, 2.05) is 18.2 Å². The van der Waals surface area contributed by atoms with E-state index in [1.165, 1.54) is 18.4 Å². The van der Waals surface area contributed by atoms with Gasteiger partial charge in [-0.15, -0.1) is 12.4 Å². The van der Waals surface area contributed by atoms with Gasteiger partial charge >= 0.3 is 0 Å². The maximum atomic E-state index is 12.4. The lowest BCUT2D eigenvalue weighted by atomic mass is 9.99. The number of amides is 1. The van der Waals surface area contributed by atoms with Gasteiger partial charge in [0, 0.05) is 29.1 Å². The van der Waals surface area contributed by atoms with Crippen LogP contribution in [0.1, 0.15) is 43.6 Å². The number of nitrogens with one attached hydrogen (secondary N) is 2. The molecule has 0 spiro atoms. The van der Waals surface area contributed by atoms with Crippen LogP contribution in [0.5, 0.6) is 0 Å². The first kappa shape index (κ1) is 16.1. The molecular weight excluding hydrogens is 319 g/mol. The van der Waals surface area contributed by atoms with Crippen LogP contribution in [0.25, 0.3) is 0 Å². The minimum Gasteiger partial charge on any atom is -0.353 e. The van der Waals surface area contributed by atoms with Crippen LogP contribution in [-0.4, -0.2) is 24.0 Å². The van der Waals surface area contributed by atoms with Crippen molar-refractivity contribution in [1.29, 1.82) is 0 Å². The highest BCUT2D eigenvalue weighted by atomic mass is 35.5. The molecule has 1 aromatic rings. The van der Waals surface area contributed by atoms with Crippen LogP contribution in [0, 0.1) is 5.92 Å². The van der Waals surface area contributed by atoms with Crippen LogP contribution in [0.4, 0.5) is 0 Å². The number of benzene rings is 1. The first-order chi connectivity index (χ1) is 10.2. The first-order valence-electron chi connectivity index (χ1n) is 8.01. The monoisotopic (exact) mass is 340 g/mol. The SMILES string of the molecule is Cl.O=C(NC1CC2CCC(C1)N2)C1CC1c1cccc(Cl)c1. The Hall–Kier alpha value is -0.770. The van der Waals surface area contributed by atoms with E-state index in [4.69, 9.17) is 11.6 Å². The van der Waals surface area contributed by atoms with Crippen molar-refractivity contribution in [1.82, 2.24) is 10.6 Å². The van der Waals surface area contributed by atoms with E-state index in [1.54, 1.807) is 0 Å². The molecule has 0 radical (unpaired) electrons. The molecule has 2 bridgehead atoms. The molecule has 3 aliphatic rings. The van der Waals surface area contributed by atoms with Gasteiger partial charge in [0.2, 0.25) is 5.91 Å². The van der Waals surface area contributed by atoms with Gasteiger partial charge in [-0.3, -0.25) is 4.79 Å². The van der Waals surface area contributed by atoms with Crippen molar-refractivity contribution >= 4 is 29.9 Å². The smallest absolute Gasteiger partial charge is 0.223 e. The average molecular weight is 341 g/mol. The van der Waals surface area contributed by atoms with Crippen molar-refractivity contribution in [3.63, 3.8) is 0 Å². The van der Waals surface area contributed by atoms with E-state index in [2.05, 4.69) is 16.7 Å². The summed E-state index contributed by atoms with van der Waals surface area (Å²) in [5, 5.41) is 7.66. The molecular formula is C17H22Cl2N2O. The summed E-state index contributed by atoms with van der Waals surface area (Å²) in [6.07, 6.45) is 5.69. The average Bonchev–Trinajstić information content (AvgIpc) is 3.19. The third-order valence-electron chi connectivity index (χ3n) is 5.22. The third-order valence-corrected chi connectivity index (χ3v) is 5.46. The molecule has 1 saturated carbocycles. The maximum Gasteiger partial charge on any atom is 0.223 e. The Kier molecular flexibility index (Phi) is 4.67. The number of rotatable bonds is 3. The summed E-state index contributed by atoms with van der Waals surface area (Å²) in [6.45, 7) is 0. The fraction of sp³-hybridized carbons (Fsp3) is 0.588. The molecule has 3 nitrogen and oxygen atoms in total. The normalized spacial score (nSPS) is 35.6. The Bertz CT molecular complexity index is 553. The Morgan fingerprint density at radius 3 is 2.59 bits per heavy atom. The quantitative estimate of drug-likeness (QED) is 0.886. The molecule has 4 rings (SSSR count). The Morgan fingerprint density at radius 1 is 1.18 bits per heavy atom. The summed E-state index contributed by atoms with van der Waals surface area (Å²) < 4.78 is 0. The summed E-state index contributed by atoms with van der Waals surface area (Å²) in [4.78, 5) is 12.4. The van der Waals surface area contributed by atoms with Crippen LogP contribution in [-0.2, 0) is 4.79 Å². The number of halogens is 2. The van der Waals surface area contributed by atoms with Crippen LogP contribution >= 0.6 is 24.0 Å². The zero-order chi connectivity index (χ0) is 14.4. The predicted molar refractivity (Wildman–Crippen MR) is 90.7 cm³/mol. The molecule has 3 fully saturated rings. The highest BCUT2D eigenvalue weighted by molar-refractivity contribution is 6.30. The fourth-order valence-electron chi connectivity index (χ4n) is 4.07. The van der Waals surface area contributed by atoms with Crippen LogP contribution < -0.4 is 10.6 Å². The van der Waals surface area contributed by atoms with E-state index in [-0.39, 0.29) is 24.2 Å². The Balaban J connectivity index is 0.00000144. The molecule has 1 amide bonds. The minimum absolute atomic E-state index is 0. The van der Waals surface area contributed by atoms with E-state index < -0.39 is 0 Å². The number of hydrogen-bond acceptors (Lipinski definition) is 2. The van der Waals surface area contributed by atoms with E-state index >= 15 is 0 Å². The van der Waals surface area contributed by atoms with Gasteiger partial charge in [-0.25, -0.2) is 0 Å². The fourth-order valence-corrected chi connectivity index (χ4v) is 4.27. The maximum absolute atomic E-state index is 12.4. The summed E-state index contributed by atoms with van der Waals surface area (Å²) in [5.74, 6) is 0.754. The van der Waals surface area contributed by atoms with Crippen LogP contribution in [0.2, 0.25) is 5.02 Å². The second-order valence-corrected chi connectivity index (χ2v) is 7.25. The zero-order valence-corrected chi connectivity index (χ0v) is 14.0. The molecule has 0 aromatic heterocycles. The number of carbonyl (C=O) groups is 1. The molecule has 120 valence electrons. The topological polar surface area (TPSA) is 41.1 Å². The summed E-state index contributed by atoms with van der Waals surface area (Å²) in [7, 11) is 0. The van der Waals surface area contributed by atoms with Gasteiger partial charge in [0.25, 0.3) is 0 Å². The standard InChI is InChI=1S/C17H21ClN2O.ClH/c18-11-3-1-2-10(6-11)15-9-16(15)17(21)20-14-7-12-4-5-13(8-14)19-12;/h1-3,6,12-16,19H,4-5,7-9H2,(H,20,21);1H. The summed E-state index contributed by atoms with van der Waals surface area (Å²) >= 11 is 6.03. The van der Waals surface area contributed by atoms with E-state index in [0.717, 1.165) is 24.3 Å². The van der Waals surface area contributed by atoms with E-state index in [9.17, 15) is 4.79 Å². The van der Waals surface area contributed by atoms with E-state index in [0.29, 0.717) is 24.0 Å². The molecule has 1 aliphatic carbocycles. The molecule has 22 heavy (non-hydrogen) atoms. The van der Waals surface area contributed by atoms with Gasteiger partial charge in [0.05, 0.1) is 0 Å². The van der Waals surface area contributed by atoms with Gasteiger partial charge in [-0.05, 0) is 55.7 Å². The Morgan fingerprint density at radius 2 is 1.91 bits per heavy atom. The van der Waals surface area contributed by atoms with Crippen molar-refractivity contribution in [3.05, 3.63) is 34.9 Å². The van der Waals surface area contributed by atoms with Gasteiger partial charge in [-0.1, -0.05) is 23.7 Å². The first-order valence-corrected chi connectivity index (χ1v) is 8.39. The lowest BCUT2D eigenvalue weighted by Crippen LogP contribution is -2.48. The lowest BCUT2D eigenvalue weighted by molar-refractivity contribution is -0.123. The van der Waals surface area contributed by atoms with Crippen LogP contribution in [0.3, 0.4) is 0 Å². The van der Waals surface area contributed by atoms with Crippen molar-refractivity contribution in [2.45, 2.75) is 56.1 Å². The van der Waals surface area contributed by atoms with Gasteiger partial charge in [0.1, 0.15) is 0 Å². The highest BCUT2D eigenvalue weighted by Gasteiger charge is 2.45. The zero-order valence-electron chi connectivity index (χ0n) is 12.4. The molecule has 2 heterocycles. The van der Waals surface area contributed by atoms with Crippen molar-refractivity contribution in [2.24, 2.45) is 5.92 Å². The number of carbonyl (C=O) groups excluding carboxylic acids is 1. The summed E-state index contributed by atoms with van der Waals surface area (Å²) in [5.41, 5.74) is 1.20. The predicted octanol–water partition coefficient (Wildman–Crippen LogP) is 3.26. The second-order valence-electron chi connectivity index (χ2n) is 6.82. The summed E-state index contributed by atoms with van der Waals surface area (Å²) in [6, 6.07) is 9.53. The number of fused-ring (bicyclic) bond motifs is 2. The molecule has 2 N–H and O–H groups in total. The largest absolute Gasteiger partial charge is 0.353 e. The molecule has 2 saturated heterocycles. The molecule has 5 heteroatoms. The molecule has 4 unspecified atom stereocenters. The van der Waals surface area contributed by atoms with Crippen molar-refractivity contribution in [3.8, 4) is 0 Å². The lowest BCUT2D eigenvalue weighted by Gasteiger charge is -2.29.